The Morgan fingerprint density at radius 3 is 2.36 bits per heavy atom. The molecule has 0 aliphatic carbocycles. The second kappa shape index (κ2) is 7.42. The highest BCUT2D eigenvalue weighted by molar-refractivity contribution is 7.89. The number of nitriles is 1. The van der Waals surface area contributed by atoms with Gasteiger partial charge in [0, 0.05) is 31.7 Å². The molecule has 9 heteroatoms. The highest BCUT2D eigenvalue weighted by atomic mass is 32.2. The predicted molar refractivity (Wildman–Crippen MR) is 102 cm³/mol. The number of hydrogen-bond acceptors (Lipinski definition) is 7. The average molecular weight is 395 g/mol. The lowest BCUT2D eigenvalue weighted by Gasteiger charge is -2.33. The van der Waals surface area contributed by atoms with Crippen LogP contribution in [-0.2, 0) is 10.0 Å². The minimum absolute atomic E-state index is 0.0388. The number of benzene rings is 2. The summed E-state index contributed by atoms with van der Waals surface area (Å²) in [6, 6.07) is 17.6. The summed E-state index contributed by atoms with van der Waals surface area (Å²) in [7, 11) is -3.73. The molecule has 1 saturated heterocycles. The molecular weight excluding hydrogens is 378 g/mol. The molecule has 1 aliphatic rings. The van der Waals surface area contributed by atoms with E-state index in [2.05, 4.69) is 10.1 Å². The van der Waals surface area contributed by atoms with Gasteiger partial charge >= 0.3 is 0 Å². The average Bonchev–Trinajstić information content (AvgIpc) is 3.25. The van der Waals surface area contributed by atoms with Crippen molar-refractivity contribution in [3.8, 4) is 17.5 Å². The van der Waals surface area contributed by atoms with Gasteiger partial charge in [-0.3, -0.25) is 0 Å². The van der Waals surface area contributed by atoms with Crippen molar-refractivity contribution in [1.82, 2.24) is 14.4 Å². The summed E-state index contributed by atoms with van der Waals surface area (Å²) in [6.45, 7) is 1.41. The molecule has 142 valence electrons. The maximum atomic E-state index is 12.9. The Labute approximate surface area is 162 Å². The van der Waals surface area contributed by atoms with Crippen LogP contribution >= 0.6 is 0 Å². The molecule has 1 fully saturated rings. The molecule has 8 nitrogen and oxygen atoms in total. The first kappa shape index (κ1) is 18.2. The topological polar surface area (TPSA) is 103 Å². The molecular formula is C19H17N5O3S. The van der Waals surface area contributed by atoms with Crippen molar-refractivity contribution >= 4 is 16.0 Å². The molecule has 0 atom stereocenters. The van der Waals surface area contributed by atoms with Crippen molar-refractivity contribution in [3.63, 3.8) is 0 Å². The number of rotatable bonds is 4. The van der Waals surface area contributed by atoms with Gasteiger partial charge in [-0.2, -0.15) is 14.6 Å². The van der Waals surface area contributed by atoms with Gasteiger partial charge in [-0.15, -0.1) is 0 Å². The second-order valence-electron chi connectivity index (χ2n) is 6.26. The summed E-state index contributed by atoms with van der Waals surface area (Å²) in [4.78, 5) is 6.34. The van der Waals surface area contributed by atoms with Crippen molar-refractivity contribution in [2.45, 2.75) is 4.90 Å². The van der Waals surface area contributed by atoms with Crippen LogP contribution in [0.5, 0.6) is 0 Å². The maximum absolute atomic E-state index is 12.9. The van der Waals surface area contributed by atoms with E-state index in [0.29, 0.717) is 24.9 Å². The van der Waals surface area contributed by atoms with Crippen LogP contribution in [0.15, 0.2) is 64.0 Å². The maximum Gasteiger partial charge on any atom is 0.266 e. The molecule has 0 radical (unpaired) electrons. The fourth-order valence-corrected chi connectivity index (χ4v) is 4.66. The van der Waals surface area contributed by atoms with Crippen LogP contribution in [0.2, 0.25) is 0 Å². The molecule has 3 aromatic rings. The third-order valence-corrected chi connectivity index (χ3v) is 6.54. The van der Waals surface area contributed by atoms with E-state index in [1.54, 1.807) is 12.1 Å². The summed E-state index contributed by atoms with van der Waals surface area (Å²) in [5.74, 6) is 0.863. The smallest absolute Gasteiger partial charge is 0.266 e. The molecule has 0 bridgehead atoms. The number of anilines is 1. The van der Waals surface area contributed by atoms with E-state index in [1.165, 1.54) is 16.4 Å². The van der Waals surface area contributed by atoms with Crippen LogP contribution in [0.3, 0.4) is 0 Å². The van der Waals surface area contributed by atoms with Gasteiger partial charge in [-0.05, 0) is 29.4 Å². The summed E-state index contributed by atoms with van der Waals surface area (Å²) in [5, 5.41) is 13.2. The van der Waals surface area contributed by atoms with E-state index in [1.807, 2.05) is 41.3 Å². The Balaban J connectivity index is 1.48. The van der Waals surface area contributed by atoms with Crippen molar-refractivity contribution in [2.75, 3.05) is 31.1 Å². The zero-order chi connectivity index (χ0) is 19.6. The van der Waals surface area contributed by atoms with E-state index >= 15 is 0 Å². The van der Waals surface area contributed by atoms with Crippen LogP contribution in [0.1, 0.15) is 5.56 Å². The third kappa shape index (κ3) is 3.35. The first-order valence-corrected chi connectivity index (χ1v) is 10.2. The highest BCUT2D eigenvalue weighted by Crippen LogP contribution is 2.24. The van der Waals surface area contributed by atoms with Gasteiger partial charge in [0.15, 0.2) is 0 Å². The summed E-state index contributed by atoms with van der Waals surface area (Å²) in [6.07, 6.45) is 0. The van der Waals surface area contributed by atoms with E-state index < -0.39 is 10.0 Å². The van der Waals surface area contributed by atoms with Crippen LogP contribution < -0.4 is 4.90 Å². The van der Waals surface area contributed by atoms with Gasteiger partial charge in [0.25, 0.3) is 11.8 Å². The molecule has 28 heavy (non-hydrogen) atoms. The second-order valence-corrected chi connectivity index (χ2v) is 8.17. The first-order valence-electron chi connectivity index (χ1n) is 8.73. The van der Waals surface area contributed by atoms with Crippen molar-refractivity contribution < 1.29 is 12.9 Å². The number of aromatic nitrogens is 2. The number of piperazine rings is 1. The molecule has 1 aromatic heterocycles. The van der Waals surface area contributed by atoms with E-state index in [9.17, 15) is 13.7 Å². The molecule has 4 rings (SSSR count). The lowest BCUT2D eigenvalue weighted by molar-refractivity contribution is 0.377. The molecule has 0 unspecified atom stereocenters. The summed E-state index contributed by atoms with van der Waals surface area (Å²) < 4.78 is 32.5. The minimum Gasteiger partial charge on any atom is -0.336 e. The van der Waals surface area contributed by atoms with E-state index in [-0.39, 0.29) is 23.5 Å². The van der Waals surface area contributed by atoms with Gasteiger partial charge in [0.2, 0.25) is 10.0 Å². The number of sulfonamides is 1. The Morgan fingerprint density at radius 2 is 1.64 bits per heavy atom. The zero-order valence-electron chi connectivity index (χ0n) is 14.9. The summed E-state index contributed by atoms with van der Waals surface area (Å²) in [5.41, 5.74) is 0.978. The van der Waals surface area contributed by atoms with E-state index in [0.717, 1.165) is 5.56 Å². The molecule has 2 heterocycles. The Bertz CT molecular complexity index is 1110. The Hall–Kier alpha value is -3.22. The number of nitrogens with zero attached hydrogens (tertiary/aromatic N) is 5. The largest absolute Gasteiger partial charge is 0.336 e. The SMILES string of the molecule is N#Cc1ccccc1S(=O)(=O)N1CCN(c2noc(-c3ccccc3)n2)CC1. The Kier molecular flexibility index (Phi) is 4.81. The quantitative estimate of drug-likeness (QED) is 0.666. The predicted octanol–water partition coefficient (Wildman–Crippen LogP) is 2.12. The molecule has 0 N–H and O–H groups in total. The van der Waals surface area contributed by atoms with Crippen LogP contribution in [-0.4, -0.2) is 49.0 Å². The fourth-order valence-electron chi connectivity index (χ4n) is 3.09. The van der Waals surface area contributed by atoms with Crippen LogP contribution in [0.4, 0.5) is 5.95 Å². The Morgan fingerprint density at radius 1 is 0.964 bits per heavy atom. The van der Waals surface area contributed by atoms with Crippen molar-refractivity contribution in [2.24, 2.45) is 0 Å². The fraction of sp³-hybridized carbons (Fsp3) is 0.211. The lowest BCUT2D eigenvalue weighted by atomic mass is 10.2. The van der Waals surface area contributed by atoms with Gasteiger partial charge in [-0.1, -0.05) is 30.3 Å². The molecule has 0 amide bonds. The van der Waals surface area contributed by atoms with Gasteiger partial charge in [0.05, 0.1) is 10.5 Å². The zero-order valence-corrected chi connectivity index (χ0v) is 15.7. The van der Waals surface area contributed by atoms with Crippen molar-refractivity contribution in [3.05, 3.63) is 60.2 Å². The van der Waals surface area contributed by atoms with Crippen molar-refractivity contribution in [1.29, 1.82) is 5.26 Å². The first-order chi connectivity index (χ1) is 13.6. The molecule has 0 spiro atoms. The standard InChI is InChI=1S/C19H17N5O3S/c20-14-16-8-4-5-9-17(16)28(25,26)24-12-10-23(11-13-24)19-21-18(27-22-19)15-6-2-1-3-7-15/h1-9H,10-13H2. The monoisotopic (exact) mass is 395 g/mol. The van der Waals surface area contributed by atoms with E-state index in [4.69, 9.17) is 4.52 Å². The normalized spacial score (nSPS) is 15.3. The minimum atomic E-state index is -3.73. The van der Waals surface area contributed by atoms with Crippen LogP contribution in [0.25, 0.3) is 11.5 Å². The lowest BCUT2D eigenvalue weighted by Crippen LogP contribution is -2.49. The van der Waals surface area contributed by atoms with Gasteiger partial charge < -0.3 is 9.42 Å². The highest BCUT2D eigenvalue weighted by Gasteiger charge is 2.31. The van der Waals surface area contributed by atoms with Gasteiger partial charge in [0.1, 0.15) is 6.07 Å². The molecule has 0 saturated carbocycles. The molecule has 2 aromatic carbocycles. The molecule has 1 aliphatic heterocycles. The summed E-state index contributed by atoms with van der Waals surface area (Å²) >= 11 is 0. The van der Waals surface area contributed by atoms with Crippen LogP contribution in [0, 0.1) is 11.3 Å². The third-order valence-electron chi connectivity index (χ3n) is 4.58. The number of hydrogen-bond donors (Lipinski definition) is 0. The van der Waals surface area contributed by atoms with Gasteiger partial charge in [-0.25, -0.2) is 8.42 Å².